The van der Waals surface area contributed by atoms with Gasteiger partial charge in [-0.2, -0.15) is 0 Å². The van der Waals surface area contributed by atoms with Crippen molar-refractivity contribution in [3.05, 3.63) is 12.7 Å². The van der Waals surface area contributed by atoms with Gasteiger partial charge in [-0.05, 0) is 50.5 Å². The van der Waals surface area contributed by atoms with Crippen LogP contribution in [0.25, 0.3) is 0 Å². The molecular formula is C53H125NO6. The number of rotatable bonds is 39. The minimum Gasteiger partial charge on any atom is -0.412 e. The molecule has 0 aromatic heterocycles. The van der Waals surface area contributed by atoms with Crippen LogP contribution < -0.4 is 5.73 Å². The maximum Gasteiger partial charge on any atom is 0.0431 e. The van der Waals surface area contributed by atoms with Crippen LogP contribution in [0.5, 0.6) is 0 Å². The monoisotopic (exact) mass is 872 g/mol. The molecule has 60 heavy (non-hydrogen) atoms. The minimum atomic E-state index is 0. The fourth-order valence-corrected chi connectivity index (χ4v) is 7.60. The predicted octanol–water partition coefficient (Wildman–Crippen LogP) is 15.1. The summed E-state index contributed by atoms with van der Waals surface area (Å²) >= 11 is 0. The van der Waals surface area contributed by atoms with Crippen LogP contribution in [0.15, 0.2) is 12.7 Å². The average molecular weight is 873 g/mol. The van der Waals surface area contributed by atoms with Gasteiger partial charge in [-0.15, -0.1) is 6.58 Å². The number of allylic oxidation sites excluding steroid dienone is 1. The Bertz CT molecular complexity index is 594. The van der Waals surface area contributed by atoms with E-state index in [0.717, 1.165) is 37.1 Å². The van der Waals surface area contributed by atoms with E-state index in [-0.39, 0.29) is 36.8 Å². The Labute approximate surface area is 381 Å². The first kappa shape index (κ1) is 83.1. The molecule has 0 fully saturated rings. The van der Waals surface area contributed by atoms with Crippen molar-refractivity contribution >= 4 is 0 Å². The normalized spacial score (nSPS) is 11.2. The van der Waals surface area contributed by atoms with Crippen LogP contribution >= 0.6 is 0 Å². The molecule has 0 aromatic rings. The molecule has 0 aromatic carbocycles. The molecule has 0 radical (unpaired) electrons. The van der Waals surface area contributed by atoms with E-state index in [4.69, 9.17) is 15.9 Å². The zero-order chi connectivity index (χ0) is 41.0. The summed E-state index contributed by atoms with van der Waals surface area (Å²) in [7, 11) is 0. The van der Waals surface area contributed by atoms with Crippen LogP contribution in [0, 0.1) is 17.8 Å². The van der Waals surface area contributed by atoms with Gasteiger partial charge in [0.2, 0.25) is 0 Å². The lowest BCUT2D eigenvalue weighted by atomic mass is 9.88. The lowest BCUT2D eigenvalue weighted by Gasteiger charge is -2.18. The quantitative estimate of drug-likeness (QED) is 0.0409. The zero-order valence-electron chi connectivity index (χ0n) is 41.1. The molecule has 0 amide bonds. The number of aliphatic hydroxyl groups is 2. The minimum absolute atomic E-state index is 0. The Morgan fingerprint density at radius 1 is 0.383 bits per heavy atom. The standard InChI is InChI=1S/C27H56.C17H36O2.C4H11N.C3H6.2CH4.4H2O/c1-6-10-12-21-26(17-8-3)23-15-14-19-25(5)20-16-24-27(18-9-4)22-13-11-7-2;18-16-14-12-10-8-6-4-2-1-3-5-7-9-11-13-15-17-19;1-2-3-4-5;1-3-2;;;;;;/h25-27H,6-24H2,1-5H3;18-19H,1-17H2;2-5H2,1H3;3H,1H2,2H3;2*1H4;4*1H2. The second-order valence-electron chi connectivity index (χ2n) is 16.9. The molecule has 0 saturated carbocycles. The van der Waals surface area contributed by atoms with Gasteiger partial charge in [-0.25, -0.2) is 0 Å². The number of hydrogen-bond acceptors (Lipinski definition) is 3. The molecule has 0 aliphatic heterocycles. The summed E-state index contributed by atoms with van der Waals surface area (Å²) in [6.45, 7) is 20.8. The first-order valence-electron chi connectivity index (χ1n) is 24.9. The second-order valence-corrected chi connectivity index (χ2v) is 16.9. The smallest absolute Gasteiger partial charge is 0.0431 e. The van der Waals surface area contributed by atoms with E-state index in [0.29, 0.717) is 13.2 Å². The SMILES string of the molecule is C.C.C=CC.CCCCCC(CCC)CCCCC(C)CCCC(CCC)CCCCC.CCCCN.O.O.O.O.OCCCCCCCCCCCCCCCCCO. The fourth-order valence-electron chi connectivity index (χ4n) is 7.60. The Hall–Kier alpha value is -0.540. The highest BCUT2D eigenvalue weighted by Gasteiger charge is 2.11. The number of nitrogens with two attached hydrogens (primary N) is 1. The molecule has 0 heterocycles. The highest BCUT2D eigenvalue weighted by molar-refractivity contribution is 4.64. The number of unbranched alkanes of at least 4 members (excludes halogenated alkanes) is 20. The summed E-state index contributed by atoms with van der Waals surface area (Å²) in [5.74, 6) is 2.99. The van der Waals surface area contributed by atoms with E-state index in [1.165, 1.54) is 218 Å². The molecule has 12 N–H and O–H groups in total. The maximum atomic E-state index is 8.66. The lowest BCUT2D eigenvalue weighted by Crippen LogP contribution is -2.03. The van der Waals surface area contributed by atoms with Crippen LogP contribution in [0.4, 0.5) is 0 Å². The first-order chi connectivity index (χ1) is 26.4. The van der Waals surface area contributed by atoms with Gasteiger partial charge in [0.1, 0.15) is 0 Å². The zero-order valence-corrected chi connectivity index (χ0v) is 41.1. The Morgan fingerprint density at radius 2 is 0.633 bits per heavy atom. The van der Waals surface area contributed by atoms with Crippen molar-refractivity contribution in [2.24, 2.45) is 23.5 Å². The molecule has 7 heteroatoms. The lowest BCUT2D eigenvalue weighted by molar-refractivity contribution is 0.282. The summed E-state index contributed by atoms with van der Waals surface area (Å²) in [6.07, 6.45) is 51.2. The Kier molecular flexibility index (Phi) is 114. The van der Waals surface area contributed by atoms with Crippen molar-refractivity contribution in [2.45, 2.75) is 294 Å². The highest BCUT2D eigenvalue weighted by Crippen LogP contribution is 2.26. The molecular weight excluding hydrogens is 747 g/mol. The molecule has 3 unspecified atom stereocenters. The first-order valence-corrected chi connectivity index (χ1v) is 24.9. The van der Waals surface area contributed by atoms with Gasteiger partial charge in [0.15, 0.2) is 0 Å². The van der Waals surface area contributed by atoms with Crippen LogP contribution in [0.2, 0.25) is 0 Å². The van der Waals surface area contributed by atoms with E-state index < -0.39 is 0 Å². The van der Waals surface area contributed by atoms with Crippen LogP contribution in [0.1, 0.15) is 294 Å². The number of aliphatic hydroxyl groups excluding tert-OH is 2. The van der Waals surface area contributed by atoms with Crippen molar-refractivity contribution in [2.75, 3.05) is 19.8 Å². The molecule has 378 valence electrons. The molecule has 0 aliphatic carbocycles. The van der Waals surface area contributed by atoms with Gasteiger partial charge in [0, 0.05) is 13.2 Å². The van der Waals surface area contributed by atoms with Gasteiger partial charge >= 0.3 is 0 Å². The van der Waals surface area contributed by atoms with Crippen LogP contribution in [0.3, 0.4) is 0 Å². The van der Waals surface area contributed by atoms with Crippen molar-refractivity contribution in [3.63, 3.8) is 0 Å². The Morgan fingerprint density at radius 3 is 0.883 bits per heavy atom. The summed E-state index contributed by atoms with van der Waals surface area (Å²) in [6, 6.07) is 0. The van der Waals surface area contributed by atoms with Crippen molar-refractivity contribution in [1.29, 1.82) is 0 Å². The van der Waals surface area contributed by atoms with Gasteiger partial charge in [0.05, 0.1) is 0 Å². The molecule has 0 saturated heterocycles. The summed E-state index contributed by atoms with van der Waals surface area (Å²) in [5.41, 5.74) is 5.14. The van der Waals surface area contributed by atoms with Gasteiger partial charge < -0.3 is 37.9 Å². The summed E-state index contributed by atoms with van der Waals surface area (Å²) in [5, 5.41) is 17.3. The largest absolute Gasteiger partial charge is 0.412 e. The molecule has 0 rings (SSSR count). The van der Waals surface area contributed by atoms with Crippen LogP contribution in [-0.4, -0.2) is 51.9 Å². The number of hydrogen-bond donors (Lipinski definition) is 3. The van der Waals surface area contributed by atoms with Gasteiger partial charge in [-0.1, -0.05) is 274 Å². The van der Waals surface area contributed by atoms with E-state index in [1.54, 1.807) is 6.08 Å². The Balaban J connectivity index is -0.0000000834. The third-order valence-electron chi connectivity index (χ3n) is 11.1. The summed E-state index contributed by atoms with van der Waals surface area (Å²) in [4.78, 5) is 0. The van der Waals surface area contributed by atoms with E-state index in [2.05, 4.69) is 48.1 Å². The van der Waals surface area contributed by atoms with E-state index >= 15 is 0 Å². The van der Waals surface area contributed by atoms with Gasteiger partial charge in [0.25, 0.3) is 0 Å². The van der Waals surface area contributed by atoms with Crippen molar-refractivity contribution in [1.82, 2.24) is 0 Å². The second kappa shape index (κ2) is 82.2. The van der Waals surface area contributed by atoms with Crippen molar-refractivity contribution in [3.8, 4) is 0 Å². The van der Waals surface area contributed by atoms with E-state index in [1.807, 2.05) is 6.92 Å². The molecule has 3 atom stereocenters. The summed E-state index contributed by atoms with van der Waals surface area (Å²) < 4.78 is 0. The third-order valence-corrected chi connectivity index (χ3v) is 11.1. The highest BCUT2D eigenvalue weighted by atomic mass is 16.3. The van der Waals surface area contributed by atoms with Crippen LogP contribution in [-0.2, 0) is 0 Å². The topological polar surface area (TPSA) is 192 Å². The molecule has 0 aliphatic rings. The molecule has 0 spiro atoms. The maximum absolute atomic E-state index is 8.66. The van der Waals surface area contributed by atoms with E-state index in [9.17, 15) is 0 Å². The fraction of sp³-hybridized carbons (Fsp3) is 0.962. The molecule has 0 bridgehead atoms. The predicted molar refractivity (Wildman–Crippen MR) is 278 cm³/mol. The third kappa shape index (κ3) is 84.9. The van der Waals surface area contributed by atoms with Gasteiger partial charge in [-0.3, -0.25) is 0 Å². The van der Waals surface area contributed by atoms with Crippen molar-refractivity contribution < 1.29 is 32.1 Å². The molecule has 7 nitrogen and oxygen atoms in total. The average Bonchev–Trinajstić information content (AvgIpc) is 3.16.